The second-order valence-electron chi connectivity index (χ2n) is 4.02. The van der Waals surface area contributed by atoms with Crippen molar-refractivity contribution in [2.24, 2.45) is 5.73 Å². The zero-order valence-electron chi connectivity index (χ0n) is 11.0. The Morgan fingerprint density at radius 3 is 1.33 bits per heavy atom. The van der Waals surface area contributed by atoms with Crippen molar-refractivity contribution >= 4 is 11.9 Å². The van der Waals surface area contributed by atoms with Crippen LogP contribution < -0.4 is 5.73 Å². The molecule has 126 valence electrons. The summed E-state index contributed by atoms with van der Waals surface area (Å²) in [5.41, 5.74) is 4.84. The highest BCUT2D eigenvalue weighted by Gasteiger charge is 2.29. The maximum Gasteiger partial charge on any atom is 0.321 e. The molecule has 21 heavy (non-hydrogen) atoms. The van der Waals surface area contributed by atoms with Gasteiger partial charge in [-0.15, -0.1) is 0 Å². The number of aliphatic hydroxyl groups excluding tert-OH is 6. The molecule has 0 radical (unpaired) electrons. The SMILES string of the molecule is N[C@@H](CC(=O)O)C(=O)O.OC[C@@H](O)[C@@H](O)[C@H](O)[C@H](O)CO. The van der Waals surface area contributed by atoms with Crippen molar-refractivity contribution in [2.75, 3.05) is 13.2 Å². The maximum atomic E-state index is 9.85. The molecule has 0 rings (SSSR count). The molecule has 11 nitrogen and oxygen atoms in total. The Hall–Kier alpha value is -1.34. The van der Waals surface area contributed by atoms with E-state index in [-0.39, 0.29) is 0 Å². The third-order valence-electron chi connectivity index (χ3n) is 2.22. The summed E-state index contributed by atoms with van der Waals surface area (Å²) in [5, 5.41) is 68.2. The highest BCUT2D eigenvalue weighted by atomic mass is 16.4. The Morgan fingerprint density at radius 1 is 0.857 bits per heavy atom. The fourth-order valence-electron chi connectivity index (χ4n) is 0.947. The normalized spacial score (nSPS) is 17.7. The van der Waals surface area contributed by atoms with Crippen LogP contribution >= 0.6 is 0 Å². The molecule has 0 aliphatic heterocycles. The predicted octanol–water partition coefficient (Wildman–Crippen LogP) is -4.71. The van der Waals surface area contributed by atoms with E-state index in [1.165, 1.54) is 0 Å². The van der Waals surface area contributed by atoms with Gasteiger partial charge in [-0.2, -0.15) is 0 Å². The standard InChI is InChI=1S/C6H14O6.C4H7NO4/c7-1-3(9)5(11)6(12)4(10)2-8;5-2(4(8)9)1-3(6)7/h3-12H,1-2H2;2H,1,5H2,(H,6,7)(H,8,9)/t3-,4-,5-,6-;2-/m10/s1. The first-order valence-corrected chi connectivity index (χ1v) is 5.72. The molecule has 0 aromatic rings. The number of carboxylic acid groups (broad SMARTS) is 2. The summed E-state index contributed by atoms with van der Waals surface area (Å²) in [5.74, 6) is -2.50. The molecule has 0 amide bonds. The molecule has 0 fully saturated rings. The topological polar surface area (TPSA) is 222 Å². The van der Waals surface area contributed by atoms with E-state index in [1.807, 2.05) is 0 Å². The minimum atomic E-state index is -1.67. The monoisotopic (exact) mass is 315 g/mol. The third kappa shape index (κ3) is 10.1. The zero-order chi connectivity index (χ0) is 17.2. The Morgan fingerprint density at radius 2 is 1.19 bits per heavy atom. The van der Waals surface area contributed by atoms with Crippen molar-refractivity contribution in [2.45, 2.75) is 36.9 Å². The molecule has 0 bridgehead atoms. The van der Waals surface area contributed by atoms with Crippen LogP contribution in [0.4, 0.5) is 0 Å². The quantitative estimate of drug-likeness (QED) is 0.207. The van der Waals surface area contributed by atoms with Gasteiger partial charge in [-0.3, -0.25) is 9.59 Å². The lowest BCUT2D eigenvalue weighted by atomic mass is 10.0. The van der Waals surface area contributed by atoms with Gasteiger partial charge in [0.2, 0.25) is 0 Å². The fourth-order valence-corrected chi connectivity index (χ4v) is 0.947. The van der Waals surface area contributed by atoms with Crippen molar-refractivity contribution in [3.63, 3.8) is 0 Å². The van der Waals surface area contributed by atoms with E-state index in [2.05, 4.69) is 0 Å². The number of rotatable bonds is 8. The van der Waals surface area contributed by atoms with Gasteiger partial charge in [-0.25, -0.2) is 0 Å². The second kappa shape index (κ2) is 11.3. The Labute approximate surface area is 119 Å². The summed E-state index contributed by atoms with van der Waals surface area (Å²) in [6.07, 6.45) is -6.92. The number of carbonyl (C=O) groups is 2. The molecule has 0 heterocycles. The molecule has 0 aliphatic carbocycles. The average molecular weight is 315 g/mol. The van der Waals surface area contributed by atoms with Crippen molar-refractivity contribution in [1.82, 2.24) is 0 Å². The van der Waals surface area contributed by atoms with Gasteiger partial charge in [0.25, 0.3) is 0 Å². The van der Waals surface area contributed by atoms with E-state index in [9.17, 15) is 9.59 Å². The van der Waals surface area contributed by atoms with Gasteiger partial charge >= 0.3 is 11.9 Å². The fraction of sp³-hybridized carbons (Fsp3) is 0.800. The van der Waals surface area contributed by atoms with Gasteiger partial charge in [-0.05, 0) is 0 Å². The van der Waals surface area contributed by atoms with Crippen LogP contribution in [-0.4, -0.2) is 96.5 Å². The summed E-state index contributed by atoms with van der Waals surface area (Å²) in [6.45, 7) is -1.45. The van der Waals surface area contributed by atoms with Crippen LogP contribution in [0.5, 0.6) is 0 Å². The van der Waals surface area contributed by atoms with Crippen LogP contribution in [0.15, 0.2) is 0 Å². The van der Waals surface area contributed by atoms with Crippen LogP contribution in [0.25, 0.3) is 0 Å². The van der Waals surface area contributed by atoms with Crippen LogP contribution in [0.2, 0.25) is 0 Å². The molecule has 5 atom stereocenters. The molecular formula is C10H21NO10. The van der Waals surface area contributed by atoms with Crippen molar-refractivity contribution in [3.05, 3.63) is 0 Å². The number of hydrogen-bond donors (Lipinski definition) is 9. The first-order valence-electron chi connectivity index (χ1n) is 5.72. The minimum absolute atomic E-state index is 0.532. The first kappa shape index (κ1) is 21.9. The summed E-state index contributed by atoms with van der Waals surface area (Å²) in [4.78, 5) is 19.6. The molecule has 0 aromatic heterocycles. The third-order valence-corrected chi connectivity index (χ3v) is 2.22. The largest absolute Gasteiger partial charge is 0.481 e. The highest BCUT2D eigenvalue weighted by molar-refractivity contribution is 5.80. The minimum Gasteiger partial charge on any atom is -0.481 e. The van der Waals surface area contributed by atoms with Crippen molar-refractivity contribution in [3.8, 4) is 0 Å². The van der Waals surface area contributed by atoms with E-state index in [1.54, 1.807) is 0 Å². The lowest BCUT2D eigenvalue weighted by Crippen LogP contribution is -2.46. The van der Waals surface area contributed by atoms with Gasteiger partial charge in [0.1, 0.15) is 30.5 Å². The van der Waals surface area contributed by atoms with Crippen LogP contribution in [0.3, 0.4) is 0 Å². The van der Waals surface area contributed by atoms with Gasteiger partial charge in [0.05, 0.1) is 19.6 Å². The number of aliphatic hydroxyl groups is 6. The van der Waals surface area contributed by atoms with E-state index >= 15 is 0 Å². The lowest BCUT2D eigenvalue weighted by Gasteiger charge is -2.24. The van der Waals surface area contributed by atoms with Crippen LogP contribution in [0, 0.1) is 0 Å². The predicted molar refractivity (Wildman–Crippen MR) is 66.1 cm³/mol. The maximum absolute atomic E-state index is 9.85. The summed E-state index contributed by atoms with van der Waals surface area (Å²) < 4.78 is 0. The number of nitrogens with two attached hydrogens (primary N) is 1. The van der Waals surface area contributed by atoms with Crippen LogP contribution in [-0.2, 0) is 9.59 Å². The Bertz CT molecular complexity index is 298. The average Bonchev–Trinajstić information content (AvgIpc) is 2.43. The second-order valence-corrected chi connectivity index (χ2v) is 4.02. The van der Waals surface area contributed by atoms with Crippen molar-refractivity contribution in [1.29, 1.82) is 0 Å². The van der Waals surface area contributed by atoms with Gasteiger partial charge in [0, 0.05) is 0 Å². The smallest absolute Gasteiger partial charge is 0.321 e. The summed E-state index contributed by atoms with van der Waals surface area (Å²) in [7, 11) is 0. The Balaban J connectivity index is 0. The van der Waals surface area contributed by atoms with E-state index in [4.69, 9.17) is 46.6 Å². The number of carboxylic acids is 2. The lowest BCUT2D eigenvalue weighted by molar-refractivity contribution is -0.144. The summed E-state index contributed by atoms with van der Waals surface area (Å²) >= 11 is 0. The molecule has 11 heteroatoms. The van der Waals surface area contributed by atoms with Gasteiger partial charge in [-0.1, -0.05) is 0 Å². The van der Waals surface area contributed by atoms with E-state index in [0.29, 0.717) is 0 Å². The van der Waals surface area contributed by atoms with Gasteiger partial charge in [0.15, 0.2) is 0 Å². The molecule has 0 saturated heterocycles. The molecule has 10 N–H and O–H groups in total. The van der Waals surface area contributed by atoms with Crippen molar-refractivity contribution < 1.29 is 50.4 Å². The number of hydrogen-bond acceptors (Lipinski definition) is 9. The van der Waals surface area contributed by atoms with Crippen LogP contribution in [0.1, 0.15) is 6.42 Å². The van der Waals surface area contributed by atoms with E-state index < -0.39 is 62.0 Å². The summed E-state index contributed by atoms with van der Waals surface area (Å²) in [6, 6.07) is -1.29. The molecule has 0 spiro atoms. The van der Waals surface area contributed by atoms with Gasteiger partial charge < -0.3 is 46.6 Å². The molecule has 0 saturated carbocycles. The highest BCUT2D eigenvalue weighted by Crippen LogP contribution is 2.04. The molecule has 0 aliphatic rings. The first-order chi connectivity index (χ1) is 9.58. The molecule has 0 unspecified atom stereocenters. The van der Waals surface area contributed by atoms with E-state index in [0.717, 1.165) is 0 Å². The molecule has 0 aromatic carbocycles. The molecular weight excluding hydrogens is 294 g/mol. The Kier molecular flexibility index (Phi) is 11.8. The zero-order valence-corrected chi connectivity index (χ0v) is 11.0. The number of aliphatic carboxylic acids is 2.